The Morgan fingerprint density at radius 1 is 0.271 bits per heavy atom. The summed E-state index contributed by atoms with van der Waals surface area (Å²) in [4.78, 5) is 0. The molecule has 0 fully saturated rings. The normalized spacial score (nSPS) is 15.7. The first-order valence-corrected chi connectivity index (χ1v) is 18.0. The van der Waals surface area contributed by atoms with E-state index < -0.39 is 134 Å². The van der Waals surface area contributed by atoms with Gasteiger partial charge in [0.15, 0.2) is 36.9 Å². The maximum atomic E-state index is 14.5. The number of unbranched alkanes of at least 4 members (excludes halogenated alkanes) is 1. The zero-order chi connectivity index (χ0) is 55.6. The van der Waals surface area contributed by atoms with E-state index in [1.165, 1.54) is 0 Å². The molecule has 0 bridgehead atoms. The quantitative estimate of drug-likeness (QED) is 0.0595. The van der Waals surface area contributed by atoms with Crippen LogP contribution in [-0.2, 0) is 25.9 Å². The topological polar surface area (TPSA) is 7.76 Å². The summed E-state index contributed by atoms with van der Waals surface area (Å²) in [6.07, 6.45) is -22.2. The van der Waals surface area contributed by atoms with Crippen molar-refractivity contribution in [3.63, 3.8) is 0 Å². The fraction of sp³-hybridized carbons (Fsp3) is 0.706. The van der Waals surface area contributed by atoms with Crippen LogP contribution in [0, 0.1) is 0 Å². The van der Waals surface area contributed by atoms with Gasteiger partial charge in [0.2, 0.25) is 0 Å². The van der Waals surface area contributed by atoms with Crippen LogP contribution in [0.3, 0.4) is 0 Å². The van der Waals surface area contributed by atoms with Gasteiger partial charge in [-0.05, 0) is 12.8 Å². The van der Waals surface area contributed by atoms with Crippen LogP contribution in [0.25, 0.3) is 0 Å². The lowest BCUT2D eigenvalue weighted by Crippen LogP contribution is -2.74. The van der Waals surface area contributed by atoms with Gasteiger partial charge in [-0.1, -0.05) is 12.1 Å². The molecule has 406 valence electrons. The highest BCUT2D eigenvalue weighted by Gasteiger charge is 2.97. The van der Waals surface area contributed by atoms with Crippen LogP contribution in [0.4, 0.5) is 149 Å². The Bertz CT molecular complexity index is 1950. The standard InChI is InChI=1S/C34H24F34N2/c35-19(36,21(39,40)23(43,44)25(47,48)27(51,52)29(55,56)31(59,60)33(63,64)65)11-15-69-13-5-3-9-17(69)7-1-2-8-18-10-4-6-14-70(18)16-12-20(37,38)22(41,42)24(45,46)26(49,50)28(53,54)30(57,58)32(61,62)34(66,67)68/h3-6,9-10,13-14H,1-2,7-8,11-12,15-16H2/q+2. The lowest BCUT2D eigenvalue weighted by Gasteiger charge is -2.42. The van der Waals surface area contributed by atoms with Gasteiger partial charge < -0.3 is 0 Å². The molecule has 0 aromatic carbocycles. The van der Waals surface area contributed by atoms with Gasteiger partial charge in [-0.2, -0.15) is 149 Å². The predicted octanol–water partition coefficient (Wildman–Crippen LogP) is 13.6. The molecule has 2 nitrogen and oxygen atoms in total. The molecule has 2 aromatic heterocycles. The van der Waals surface area contributed by atoms with Gasteiger partial charge in [0.25, 0.3) is 0 Å². The summed E-state index contributed by atoms with van der Waals surface area (Å²) in [5, 5.41) is 0. The van der Waals surface area contributed by atoms with Gasteiger partial charge in [-0.25, -0.2) is 9.13 Å². The molecular weight excluding hydrogens is 1080 g/mol. The van der Waals surface area contributed by atoms with Crippen molar-refractivity contribution in [1.82, 2.24) is 0 Å². The summed E-state index contributed by atoms with van der Waals surface area (Å²) < 4.78 is 464. The van der Waals surface area contributed by atoms with Gasteiger partial charge >= 0.3 is 95.3 Å². The summed E-state index contributed by atoms with van der Waals surface area (Å²) in [6, 6.07) is 5.51. The molecule has 0 spiro atoms. The maximum Gasteiger partial charge on any atom is 0.460 e. The Hall–Kier alpha value is -4.08. The second-order valence-corrected chi connectivity index (χ2v) is 14.8. The molecule has 0 aliphatic carbocycles. The molecule has 0 aliphatic heterocycles. The fourth-order valence-corrected chi connectivity index (χ4v) is 5.75. The van der Waals surface area contributed by atoms with Gasteiger partial charge in [0, 0.05) is 37.1 Å². The lowest BCUT2D eigenvalue weighted by molar-refractivity contribution is -0.708. The zero-order valence-electron chi connectivity index (χ0n) is 33.0. The first kappa shape index (κ1) is 62.0. The summed E-state index contributed by atoms with van der Waals surface area (Å²) in [7, 11) is 0. The molecular formula is C34H24F34N2+2. The minimum absolute atomic E-state index is 0.370. The van der Waals surface area contributed by atoms with E-state index in [1.807, 2.05) is 0 Å². The van der Waals surface area contributed by atoms with Crippen LogP contribution < -0.4 is 9.13 Å². The highest BCUT2D eigenvalue weighted by molar-refractivity contribution is 5.17. The molecule has 0 N–H and O–H groups in total. The van der Waals surface area contributed by atoms with Crippen molar-refractivity contribution >= 4 is 0 Å². The minimum atomic E-state index is -8.85. The fourth-order valence-electron chi connectivity index (χ4n) is 5.75. The summed E-state index contributed by atoms with van der Waals surface area (Å²) in [6.45, 7) is -3.52. The Labute approximate surface area is 366 Å². The minimum Gasteiger partial charge on any atom is -0.202 e. The number of alkyl halides is 34. The van der Waals surface area contributed by atoms with Crippen molar-refractivity contribution < 1.29 is 158 Å². The monoisotopic (exact) mass is 1110 g/mol. The van der Waals surface area contributed by atoms with Crippen molar-refractivity contribution in [3.8, 4) is 0 Å². The summed E-state index contributed by atoms with van der Waals surface area (Å²) in [5.41, 5.74) is -0.740. The Morgan fingerprint density at radius 2 is 0.486 bits per heavy atom. The molecule has 2 rings (SSSR count). The van der Waals surface area contributed by atoms with E-state index in [-0.39, 0.29) is 24.2 Å². The number of hydrogen-bond donors (Lipinski definition) is 0. The third-order valence-electron chi connectivity index (χ3n) is 10.1. The number of rotatable bonds is 23. The van der Waals surface area contributed by atoms with Crippen LogP contribution in [0.5, 0.6) is 0 Å². The molecule has 2 aromatic rings. The van der Waals surface area contributed by atoms with E-state index in [4.69, 9.17) is 0 Å². The second kappa shape index (κ2) is 18.4. The zero-order valence-corrected chi connectivity index (χ0v) is 33.0. The van der Waals surface area contributed by atoms with E-state index in [2.05, 4.69) is 0 Å². The lowest BCUT2D eigenvalue weighted by atomic mass is 9.88. The van der Waals surface area contributed by atoms with Crippen molar-refractivity contribution in [3.05, 3.63) is 60.2 Å². The van der Waals surface area contributed by atoms with Crippen LogP contribution in [0.15, 0.2) is 48.8 Å². The Balaban J connectivity index is 2.28. The largest absolute Gasteiger partial charge is 0.460 e. The Kier molecular flexibility index (Phi) is 16.3. The van der Waals surface area contributed by atoms with Crippen molar-refractivity contribution in [2.75, 3.05) is 0 Å². The number of pyridine rings is 2. The first-order chi connectivity index (χ1) is 30.6. The molecule has 0 saturated heterocycles. The SMILES string of the molecule is FC(F)(F)C(F)(F)C(F)(F)C(F)(F)C(F)(F)C(F)(F)C(F)(F)C(F)(F)CC[n+]1ccccc1CCCCc1cccc[n+]1CCC(F)(F)C(F)(F)C(F)(F)C(F)(F)C(F)(F)C(F)(F)C(F)(F)C(F)(F)F. The number of hydrogen-bond acceptors (Lipinski definition) is 0. The molecule has 36 heteroatoms. The molecule has 0 atom stereocenters. The van der Waals surface area contributed by atoms with E-state index >= 15 is 0 Å². The number of aromatic nitrogens is 2. The molecule has 0 aliphatic rings. The first-order valence-electron chi connectivity index (χ1n) is 18.0. The third-order valence-corrected chi connectivity index (χ3v) is 10.1. The van der Waals surface area contributed by atoms with Gasteiger partial charge in [-0.3, -0.25) is 0 Å². The van der Waals surface area contributed by atoms with Gasteiger partial charge in [0.1, 0.15) is 0 Å². The van der Waals surface area contributed by atoms with Crippen LogP contribution in [0.1, 0.15) is 37.1 Å². The highest BCUT2D eigenvalue weighted by atomic mass is 19.4. The van der Waals surface area contributed by atoms with Crippen molar-refractivity contribution in [1.29, 1.82) is 0 Å². The van der Waals surface area contributed by atoms with E-state index in [0.717, 1.165) is 36.4 Å². The second-order valence-electron chi connectivity index (χ2n) is 14.8. The smallest absolute Gasteiger partial charge is 0.202 e. The molecule has 0 saturated carbocycles. The van der Waals surface area contributed by atoms with E-state index in [0.29, 0.717) is 21.5 Å². The predicted molar refractivity (Wildman–Crippen MR) is 161 cm³/mol. The van der Waals surface area contributed by atoms with Gasteiger partial charge in [0.05, 0.1) is 12.8 Å². The average molecular weight is 1110 g/mol. The van der Waals surface area contributed by atoms with E-state index in [9.17, 15) is 149 Å². The molecule has 0 unspecified atom stereocenters. The number of halogens is 34. The third kappa shape index (κ3) is 9.53. The maximum absolute atomic E-state index is 14.5. The van der Waals surface area contributed by atoms with Crippen LogP contribution in [-0.4, -0.2) is 95.3 Å². The number of nitrogens with zero attached hydrogens (tertiary/aromatic N) is 2. The van der Waals surface area contributed by atoms with Crippen molar-refractivity contribution in [2.45, 2.75) is 147 Å². The summed E-state index contributed by atoms with van der Waals surface area (Å²) >= 11 is 0. The number of aryl methyl sites for hydroxylation is 4. The molecule has 0 amide bonds. The molecule has 70 heavy (non-hydrogen) atoms. The van der Waals surface area contributed by atoms with Crippen LogP contribution >= 0.6 is 0 Å². The molecule has 0 radical (unpaired) electrons. The Morgan fingerprint density at radius 3 is 0.714 bits per heavy atom. The highest BCUT2D eigenvalue weighted by Crippen LogP contribution is 2.66. The average Bonchev–Trinajstić information content (AvgIpc) is 3.19. The molecule has 2 heterocycles. The van der Waals surface area contributed by atoms with Crippen LogP contribution in [0.2, 0.25) is 0 Å². The van der Waals surface area contributed by atoms with Gasteiger partial charge in [-0.15, -0.1) is 0 Å². The van der Waals surface area contributed by atoms with E-state index in [1.54, 1.807) is 0 Å². The van der Waals surface area contributed by atoms with Crippen molar-refractivity contribution in [2.24, 2.45) is 0 Å². The summed E-state index contributed by atoms with van der Waals surface area (Å²) in [5.74, 6) is -116.